The van der Waals surface area contributed by atoms with Crippen LogP contribution in [0.5, 0.6) is 5.75 Å². The van der Waals surface area contributed by atoms with Gasteiger partial charge in [-0.2, -0.15) is 5.10 Å². The van der Waals surface area contributed by atoms with Crippen LogP contribution in [0.15, 0.2) is 55.0 Å². The molecule has 0 fully saturated rings. The Morgan fingerprint density at radius 3 is 2.67 bits per heavy atom. The topological polar surface area (TPSA) is 57.8 Å². The lowest BCUT2D eigenvalue weighted by Crippen LogP contribution is -2.24. The van der Waals surface area contributed by atoms with Crippen LogP contribution in [0, 0.1) is 18.7 Å². The van der Waals surface area contributed by atoms with E-state index in [1.165, 1.54) is 12.1 Å². The summed E-state index contributed by atoms with van der Waals surface area (Å²) in [7, 11) is 1.66. The molecule has 6 nitrogen and oxygen atoms in total. The Hall–Kier alpha value is -3.74. The van der Waals surface area contributed by atoms with Gasteiger partial charge in [0.25, 0.3) is 0 Å². The van der Waals surface area contributed by atoms with Crippen molar-refractivity contribution in [3.05, 3.63) is 89.3 Å². The summed E-state index contributed by atoms with van der Waals surface area (Å²) in [5.41, 5.74) is 3.94. The minimum atomic E-state index is -0.225. The van der Waals surface area contributed by atoms with Crippen LogP contribution in [0.3, 0.4) is 0 Å². The Bertz CT molecular complexity index is 1300. The molecule has 0 saturated heterocycles. The number of hydrogen-bond donors (Lipinski definition) is 0. The summed E-state index contributed by atoms with van der Waals surface area (Å²) in [6, 6.07) is 12.8. The van der Waals surface area contributed by atoms with Crippen molar-refractivity contribution in [2.75, 3.05) is 7.11 Å². The van der Waals surface area contributed by atoms with Crippen LogP contribution in [0.25, 0.3) is 17.8 Å². The minimum absolute atomic E-state index is 0.113. The van der Waals surface area contributed by atoms with Gasteiger partial charge in [0.05, 0.1) is 24.8 Å². The van der Waals surface area contributed by atoms with Crippen molar-refractivity contribution >= 4 is 12.2 Å². The van der Waals surface area contributed by atoms with Gasteiger partial charge in [0.1, 0.15) is 17.4 Å². The van der Waals surface area contributed by atoms with E-state index in [4.69, 9.17) is 14.8 Å². The van der Waals surface area contributed by atoms with Gasteiger partial charge in [-0.1, -0.05) is 31.2 Å². The summed E-state index contributed by atoms with van der Waals surface area (Å²) in [6.45, 7) is 5.01. The first-order valence-corrected chi connectivity index (χ1v) is 11.1. The second-order valence-electron chi connectivity index (χ2n) is 8.64. The quantitative estimate of drug-likeness (QED) is 0.422. The van der Waals surface area contributed by atoms with Crippen LogP contribution in [-0.4, -0.2) is 31.4 Å². The number of hydrogen-bond acceptors (Lipinski definition) is 4. The number of aromatic nitrogens is 5. The number of rotatable bonds is 5. The maximum atomic E-state index is 13.4. The number of ether oxygens (including phenoxy) is 1. The van der Waals surface area contributed by atoms with E-state index in [9.17, 15) is 4.39 Å². The van der Waals surface area contributed by atoms with Gasteiger partial charge in [-0.3, -0.25) is 0 Å². The lowest BCUT2D eigenvalue weighted by atomic mass is 9.86. The van der Waals surface area contributed by atoms with E-state index < -0.39 is 0 Å². The van der Waals surface area contributed by atoms with Crippen LogP contribution < -0.4 is 4.74 Å². The summed E-state index contributed by atoms with van der Waals surface area (Å²) >= 11 is 0. The van der Waals surface area contributed by atoms with E-state index in [1.54, 1.807) is 13.4 Å². The van der Waals surface area contributed by atoms with E-state index in [1.807, 2.05) is 64.9 Å². The molecule has 1 aliphatic rings. The first-order valence-electron chi connectivity index (χ1n) is 11.1. The molecular weight excluding hydrogens is 417 g/mol. The third kappa shape index (κ3) is 4.31. The highest BCUT2D eigenvalue weighted by Gasteiger charge is 2.29. The van der Waals surface area contributed by atoms with Crippen molar-refractivity contribution in [2.24, 2.45) is 5.92 Å². The van der Waals surface area contributed by atoms with Crippen molar-refractivity contribution in [3.8, 4) is 11.4 Å². The Kier molecular flexibility index (Phi) is 5.54. The number of methoxy groups -OCH3 is 1. The smallest absolute Gasteiger partial charge is 0.174 e. The lowest BCUT2D eigenvalue weighted by molar-refractivity contribution is 0.342. The average molecular weight is 444 g/mol. The molecule has 168 valence electrons. The first-order chi connectivity index (χ1) is 16.0. The lowest BCUT2D eigenvalue weighted by Gasteiger charge is -2.27. The Labute approximate surface area is 192 Å². The molecule has 2 atom stereocenters. The van der Waals surface area contributed by atoms with Crippen LogP contribution in [0.1, 0.15) is 47.7 Å². The van der Waals surface area contributed by atoms with E-state index in [2.05, 4.69) is 11.9 Å². The summed E-state index contributed by atoms with van der Waals surface area (Å²) < 4.78 is 23.0. The predicted molar refractivity (Wildman–Crippen MR) is 126 cm³/mol. The van der Waals surface area contributed by atoms with Crippen molar-refractivity contribution in [1.82, 2.24) is 24.3 Å². The molecule has 5 rings (SSSR count). The van der Waals surface area contributed by atoms with Gasteiger partial charge in [-0.25, -0.2) is 19.0 Å². The molecule has 0 radical (unpaired) electrons. The summed E-state index contributed by atoms with van der Waals surface area (Å²) in [4.78, 5) is 9.11. The van der Waals surface area contributed by atoms with Crippen molar-refractivity contribution in [3.63, 3.8) is 0 Å². The number of imidazole rings is 1. The molecule has 1 aliphatic heterocycles. The average Bonchev–Trinajstić information content (AvgIpc) is 3.43. The van der Waals surface area contributed by atoms with Gasteiger partial charge >= 0.3 is 0 Å². The Morgan fingerprint density at radius 2 is 1.94 bits per heavy atom. The zero-order valence-electron chi connectivity index (χ0n) is 18.9. The van der Waals surface area contributed by atoms with Crippen molar-refractivity contribution in [2.45, 2.75) is 32.7 Å². The maximum Gasteiger partial charge on any atom is 0.174 e. The highest BCUT2D eigenvalue weighted by Crippen LogP contribution is 2.35. The number of aryl methyl sites for hydroxylation is 1. The number of halogens is 1. The van der Waals surface area contributed by atoms with E-state index >= 15 is 0 Å². The summed E-state index contributed by atoms with van der Waals surface area (Å²) in [5.74, 6) is 2.72. The van der Waals surface area contributed by atoms with E-state index in [0.29, 0.717) is 11.7 Å². The Morgan fingerprint density at radius 1 is 1.12 bits per heavy atom. The van der Waals surface area contributed by atoms with E-state index in [0.717, 1.165) is 47.0 Å². The molecular formula is C26H26FN5O. The predicted octanol–water partition coefficient (Wildman–Crippen LogP) is 5.26. The molecule has 7 heteroatoms. The zero-order valence-corrected chi connectivity index (χ0v) is 18.9. The van der Waals surface area contributed by atoms with Gasteiger partial charge in [0.15, 0.2) is 5.82 Å². The second kappa shape index (κ2) is 8.65. The summed E-state index contributed by atoms with van der Waals surface area (Å²) in [6.07, 6.45) is 8.63. The van der Waals surface area contributed by atoms with Crippen molar-refractivity contribution < 1.29 is 9.13 Å². The standard InChI is InChI=1S/C26H26FN5O/c1-17-12-22(20-6-8-21(27)9-7-20)26-29-25(30-32(26)14-17)11-5-19-4-10-23(24(13-19)33-3)31-15-18(2)28-16-31/h4-11,13,15-17,22H,12,14H2,1-3H3/t17-,22+/m0/s1. The fraction of sp³-hybridized carbons (Fsp3) is 0.269. The highest BCUT2D eigenvalue weighted by molar-refractivity contribution is 5.69. The van der Waals surface area contributed by atoms with Crippen molar-refractivity contribution in [1.29, 1.82) is 0 Å². The van der Waals surface area contributed by atoms with Gasteiger partial charge in [-0.05, 0) is 60.7 Å². The monoisotopic (exact) mass is 443 g/mol. The molecule has 33 heavy (non-hydrogen) atoms. The maximum absolute atomic E-state index is 13.4. The van der Waals surface area contributed by atoms with E-state index in [-0.39, 0.29) is 11.7 Å². The van der Waals surface area contributed by atoms with Crippen LogP contribution in [0.4, 0.5) is 4.39 Å². The molecule has 0 N–H and O–H groups in total. The highest BCUT2D eigenvalue weighted by atomic mass is 19.1. The number of nitrogens with zero attached hydrogens (tertiary/aromatic N) is 5. The molecule has 2 aromatic carbocycles. The largest absolute Gasteiger partial charge is 0.495 e. The summed E-state index contributed by atoms with van der Waals surface area (Å²) in [5, 5.41) is 4.72. The van der Waals surface area contributed by atoms with Crippen LogP contribution in [0.2, 0.25) is 0 Å². The minimum Gasteiger partial charge on any atom is -0.495 e. The van der Waals surface area contributed by atoms with Gasteiger partial charge in [0, 0.05) is 18.7 Å². The van der Waals surface area contributed by atoms with Crippen LogP contribution >= 0.6 is 0 Å². The van der Waals surface area contributed by atoms with Gasteiger partial charge < -0.3 is 9.30 Å². The Balaban J connectivity index is 1.42. The molecule has 0 spiro atoms. The SMILES string of the molecule is COc1cc(C=Cc2nc3n(n2)C[C@@H](C)C[C@@H]3c2ccc(F)cc2)ccc1-n1cnc(C)c1. The first kappa shape index (κ1) is 21.1. The third-order valence-corrected chi connectivity index (χ3v) is 6.04. The number of benzene rings is 2. The molecule has 0 saturated carbocycles. The molecule has 3 heterocycles. The number of fused-ring (bicyclic) bond motifs is 1. The van der Waals surface area contributed by atoms with Gasteiger partial charge in [0.2, 0.25) is 0 Å². The molecule has 0 bridgehead atoms. The fourth-order valence-electron chi connectivity index (χ4n) is 4.43. The molecule has 2 aromatic heterocycles. The molecule has 0 aliphatic carbocycles. The zero-order chi connectivity index (χ0) is 22.9. The molecule has 0 unspecified atom stereocenters. The van der Waals surface area contributed by atoms with Gasteiger partial charge in [-0.15, -0.1) is 0 Å². The second-order valence-corrected chi connectivity index (χ2v) is 8.64. The fourth-order valence-corrected chi connectivity index (χ4v) is 4.43. The molecule has 0 amide bonds. The third-order valence-electron chi connectivity index (χ3n) is 6.04. The van der Waals surface area contributed by atoms with Crippen LogP contribution in [-0.2, 0) is 6.54 Å². The molecule has 4 aromatic rings. The normalized spacial score (nSPS) is 17.9.